The first kappa shape index (κ1) is 16.2. The van der Waals surface area contributed by atoms with Gasteiger partial charge in [0, 0.05) is 12.0 Å². The largest absolute Gasteiger partial charge is 0.497 e. The van der Waals surface area contributed by atoms with E-state index in [2.05, 4.69) is 5.32 Å². The van der Waals surface area contributed by atoms with Gasteiger partial charge < -0.3 is 15.2 Å². The van der Waals surface area contributed by atoms with Crippen LogP contribution in [0, 0.1) is 0 Å². The molecule has 1 unspecified atom stereocenters. The predicted octanol–water partition coefficient (Wildman–Crippen LogP) is 2.11. The molecule has 5 heteroatoms. The number of benzene rings is 1. The number of carboxylic acid groups (broad SMARTS) is 1. The van der Waals surface area contributed by atoms with Gasteiger partial charge in [-0.1, -0.05) is 6.92 Å². The Hall–Kier alpha value is -1.88. The van der Waals surface area contributed by atoms with E-state index in [1.165, 1.54) is 0 Å². The van der Waals surface area contributed by atoms with Crippen LogP contribution in [0.3, 0.4) is 0 Å². The molecule has 0 spiro atoms. The number of nitrogens with one attached hydrogen (secondary N) is 1. The minimum absolute atomic E-state index is 0.0245. The van der Waals surface area contributed by atoms with Crippen LogP contribution in [0.1, 0.15) is 36.5 Å². The SMILES string of the molecule is CCCNC(CCC(=O)O)C(=O)c1ccc(OC)cc1. The molecule has 0 fully saturated rings. The summed E-state index contributed by atoms with van der Waals surface area (Å²) in [4.78, 5) is 23.0. The van der Waals surface area contributed by atoms with Crippen molar-refractivity contribution in [2.45, 2.75) is 32.2 Å². The second-order valence-corrected chi connectivity index (χ2v) is 4.53. The van der Waals surface area contributed by atoms with Crippen LogP contribution in [0.2, 0.25) is 0 Å². The Bertz CT molecular complexity index is 442. The zero-order chi connectivity index (χ0) is 15.0. The van der Waals surface area contributed by atoms with Crippen molar-refractivity contribution in [3.63, 3.8) is 0 Å². The lowest BCUT2D eigenvalue weighted by atomic mass is 10.00. The molecule has 1 aromatic rings. The van der Waals surface area contributed by atoms with E-state index in [0.717, 1.165) is 6.42 Å². The second kappa shape index (κ2) is 8.32. The minimum atomic E-state index is -0.893. The number of hydrogen-bond donors (Lipinski definition) is 2. The highest BCUT2D eigenvalue weighted by Crippen LogP contribution is 2.14. The molecule has 0 saturated heterocycles. The fourth-order valence-corrected chi connectivity index (χ4v) is 1.87. The zero-order valence-corrected chi connectivity index (χ0v) is 11.9. The molecule has 0 aromatic heterocycles. The maximum atomic E-state index is 12.4. The Morgan fingerprint density at radius 1 is 1.30 bits per heavy atom. The summed E-state index contributed by atoms with van der Waals surface area (Å²) in [5.74, 6) is -0.289. The summed E-state index contributed by atoms with van der Waals surface area (Å²) < 4.78 is 5.05. The normalized spacial score (nSPS) is 11.9. The molecule has 1 atom stereocenters. The van der Waals surface area contributed by atoms with Crippen LogP contribution in [0.15, 0.2) is 24.3 Å². The molecule has 0 radical (unpaired) electrons. The van der Waals surface area contributed by atoms with E-state index in [0.29, 0.717) is 24.3 Å². The summed E-state index contributed by atoms with van der Waals surface area (Å²) in [6.45, 7) is 2.69. The number of aliphatic carboxylic acids is 1. The Balaban J connectivity index is 2.76. The molecule has 0 aliphatic carbocycles. The van der Waals surface area contributed by atoms with E-state index < -0.39 is 12.0 Å². The van der Waals surface area contributed by atoms with Crippen LogP contribution in [0.4, 0.5) is 0 Å². The fourth-order valence-electron chi connectivity index (χ4n) is 1.87. The monoisotopic (exact) mass is 279 g/mol. The first-order valence-electron chi connectivity index (χ1n) is 6.72. The molecule has 0 heterocycles. The van der Waals surface area contributed by atoms with Crippen molar-refractivity contribution in [1.82, 2.24) is 5.32 Å². The molecule has 0 aliphatic rings. The summed E-state index contributed by atoms with van der Waals surface area (Å²) in [6.07, 6.45) is 1.16. The quantitative estimate of drug-likeness (QED) is 0.677. The van der Waals surface area contributed by atoms with Gasteiger partial charge in [-0.15, -0.1) is 0 Å². The lowest BCUT2D eigenvalue weighted by Gasteiger charge is -2.16. The highest BCUT2D eigenvalue weighted by atomic mass is 16.5. The lowest BCUT2D eigenvalue weighted by molar-refractivity contribution is -0.137. The molecule has 0 amide bonds. The maximum absolute atomic E-state index is 12.4. The smallest absolute Gasteiger partial charge is 0.303 e. The number of carboxylic acids is 1. The van der Waals surface area contributed by atoms with E-state index in [4.69, 9.17) is 9.84 Å². The summed E-state index contributed by atoms with van der Waals surface area (Å²) in [5, 5.41) is 11.9. The van der Waals surface area contributed by atoms with E-state index >= 15 is 0 Å². The number of methoxy groups -OCH3 is 1. The Labute approximate surface area is 118 Å². The topological polar surface area (TPSA) is 75.6 Å². The molecule has 20 heavy (non-hydrogen) atoms. The van der Waals surface area contributed by atoms with Crippen LogP contribution in [0.25, 0.3) is 0 Å². The first-order valence-corrected chi connectivity index (χ1v) is 6.72. The molecular weight excluding hydrogens is 258 g/mol. The van der Waals surface area contributed by atoms with Crippen molar-refractivity contribution in [2.75, 3.05) is 13.7 Å². The predicted molar refractivity (Wildman–Crippen MR) is 76.3 cm³/mol. The van der Waals surface area contributed by atoms with Crippen molar-refractivity contribution in [3.05, 3.63) is 29.8 Å². The number of rotatable bonds is 9. The van der Waals surface area contributed by atoms with Crippen molar-refractivity contribution >= 4 is 11.8 Å². The summed E-state index contributed by atoms with van der Waals surface area (Å²) >= 11 is 0. The average Bonchev–Trinajstić information content (AvgIpc) is 2.46. The highest BCUT2D eigenvalue weighted by Gasteiger charge is 2.20. The van der Waals surface area contributed by atoms with Gasteiger partial charge >= 0.3 is 5.97 Å². The van der Waals surface area contributed by atoms with Crippen LogP contribution in [0.5, 0.6) is 5.75 Å². The highest BCUT2D eigenvalue weighted by molar-refractivity contribution is 6.00. The molecule has 0 bridgehead atoms. The molecule has 110 valence electrons. The fraction of sp³-hybridized carbons (Fsp3) is 0.467. The number of hydrogen-bond acceptors (Lipinski definition) is 4. The molecule has 1 rings (SSSR count). The maximum Gasteiger partial charge on any atom is 0.303 e. The summed E-state index contributed by atoms with van der Waals surface area (Å²) in [5.41, 5.74) is 0.560. The number of carbonyl (C=O) groups excluding carboxylic acids is 1. The lowest BCUT2D eigenvalue weighted by Crippen LogP contribution is -2.37. The van der Waals surface area contributed by atoms with Crippen LogP contribution in [-0.2, 0) is 4.79 Å². The summed E-state index contributed by atoms with van der Waals surface area (Å²) in [6, 6.07) is 6.38. The van der Waals surface area contributed by atoms with Crippen LogP contribution in [-0.4, -0.2) is 36.6 Å². The third-order valence-electron chi connectivity index (χ3n) is 2.98. The van der Waals surface area contributed by atoms with E-state index in [9.17, 15) is 9.59 Å². The zero-order valence-electron chi connectivity index (χ0n) is 11.9. The Morgan fingerprint density at radius 3 is 2.45 bits per heavy atom. The Morgan fingerprint density at radius 2 is 1.95 bits per heavy atom. The molecule has 1 aromatic carbocycles. The standard InChI is InChI=1S/C15H21NO4/c1-3-10-16-13(8-9-14(17)18)15(19)11-4-6-12(20-2)7-5-11/h4-7,13,16H,3,8-10H2,1-2H3,(H,17,18). The molecule has 0 aliphatic heterocycles. The third kappa shape index (κ3) is 5.01. The third-order valence-corrected chi connectivity index (χ3v) is 2.98. The molecule has 0 saturated carbocycles. The molecular formula is C15H21NO4. The van der Waals surface area contributed by atoms with Gasteiger partial charge in [0.2, 0.25) is 0 Å². The number of ketones is 1. The molecule has 5 nitrogen and oxygen atoms in total. The van der Waals surface area contributed by atoms with Crippen molar-refractivity contribution in [1.29, 1.82) is 0 Å². The van der Waals surface area contributed by atoms with E-state index in [-0.39, 0.29) is 12.2 Å². The van der Waals surface area contributed by atoms with Gasteiger partial charge in [0.05, 0.1) is 13.2 Å². The van der Waals surface area contributed by atoms with Gasteiger partial charge in [-0.3, -0.25) is 9.59 Å². The molecule has 2 N–H and O–H groups in total. The van der Waals surface area contributed by atoms with E-state index in [1.54, 1.807) is 31.4 Å². The minimum Gasteiger partial charge on any atom is -0.497 e. The van der Waals surface area contributed by atoms with Gasteiger partial charge in [-0.05, 0) is 43.7 Å². The first-order chi connectivity index (χ1) is 9.58. The van der Waals surface area contributed by atoms with E-state index in [1.807, 2.05) is 6.92 Å². The van der Waals surface area contributed by atoms with Crippen molar-refractivity contribution < 1.29 is 19.4 Å². The summed E-state index contributed by atoms with van der Waals surface area (Å²) in [7, 11) is 1.56. The van der Waals surface area contributed by atoms with Crippen molar-refractivity contribution in [3.8, 4) is 5.75 Å². The Kier molecular flexibility index (Phi) is 6.73. The van der Waals surface area contributed by atoms with Gasteiger partial charge in [0.1, 0.15) is 5.75 Å². The number of Topliss-reactive ketones (excluding diaryl/α,β-unsaturated/α-hetero) is 1. The average molecular weight is 279 g/mol. The number of carbonyl (C=O) groups is 2. The van der Waals surface area contributed by atoms with Gasteiger partial charge in [-0.2, -0.15) is 0 Å². The number of ether oxygens (including phenoxy) is 1. The van der Waals surface area contributed by atoms with Gasteiger partial charge in [0.25, 0.3) is 0 Å². The van der Waals surface area contributed by atoms with Gasteiger partial charge in [-0.25, -0.2) is 0 Å². The van der Waals surface area contributed by atoms with Gasteiger partial charge in [0.15, 0.2) is 5.78 Å². The van der Waals surface area contributed by atoms with Crippen LogP contribution >= 0.6 is 0 Å². The van der Waals surface area contributed by atoms with Crippen molar-refractivity contribution in [2.24, 2.45) is 0 Å². The van der Waals surface area contributed by atoms with Crippen LogP contribution < -0.4 is 10.1 Å². The second-order valence-electron chi connectivity index (χ2n) is 4.53.